The van der Waals surface area contributed by atoms with E-state index in [4.69, 9.17) is 20.6 Å². The van der Waals surface area contributed by atoms with Crippen LogP contribution < -0.4 is 19.0 Å². The van der Waals surface area contributed by atoms with Crippen LogP contribution in [0.25, 0.3) is 10.2 Å². The molecular weight excluding hydrogens is 364 g/mol. The Hall–Kier alpha value is -3.24. The van der Waals surface area contributed by atoms with Crippen molar-refractivity contribution in [2.75, 3.05) is 13.4 Å². The molecule has 27 heavy (non-hydrogen) atoms. The van der Waals surface area contributed by atoms with Crippen LogP contribution in [0.3, 0.4) is 0 Å². The molecule has 0 saturated heterocycles. The highest BCUT2D eigenvalue weighted by Gasteiger charge is 2.17. The van der Waals surface area contributed by atoms with Crippen molar-refractivity contribution in [3.05, 3.63) is 46.8 Å². The monoisotopic (exact) mass is 380 g/mol. The van der Waals surface area contributed by atoms with Gasteiger partial charge in [0.2, 0.25) is 6.79 Å². The zero-order valence-corrected chi connectivity index (χ0v) is 15.4. The van der Waals surface area contributed by atoms with Crippen molar-refractivity contribution in [1.29, 1.82) is 0 Å². The number of fused-ring (bicyclic) bond motifs is 2. The molecular formula is C20H16N2O4S. The lowest BCUT2D eigenvalue weighted by Gasteiger charge is -2.06. The number of aromatic nitrogens is 1. The van der Waals surface area contributed by atoms with E-state index in [9.17, 15) is 4.79 Å². The summed E-state index contributed by atoms with van der Waals surface area (Å²) in [5, 5.41) is 0. The molecule has 0 spiro atoms. The van der Waals surface area contributed by atoms with Gasteiger partial charge in [-0.1, -0.05) is 35.5 Å². The van der Waals surface area contributed by atoms with Gasteiger partial charge in [0.05, 0.1) is 16.8 Å². The molecule has 6 nitrogen and oxygen atoms in total. The zero-order chi connectivity index (χ0) is 18.8. The van der Waals surface area contributed by atoms with Gasteiger partial charge >= 0.3 is 0 Å². The predicted octanol–water partition coefficient (Wildman–Crippen LogP) is 2.88. The maximum Gasteiger partial charge on any atom is 0.286 e. The maximum atomic E-state index is 12.3. The number of hydrogen-bond donors (Lipinski definition) is 0. The first-order valence-corrected chi connectivity index (χ1v) is 9.10. The van der Waals surface area contributed by atoms with Gasteiger partial charge in [0, 0.05) is 12.1 Å². The molecule has 0 radical (unpaired) electrons. The van der Waals surface area contributed by atoms with Gasteiger partial charge in [0.25, 0.3) is 5.91 Å². The lowest BCUT2D eigenvalue weighted by molar-refractivity contribution is -0.120. The SMILES string of the molecule is C#CCn1c(=NC(=O)COc2ccccc2C)sc2cc3c(cc21)OCO3. The van der Waals surface area contributed by atoms with Gasteiger partial charge < -0.3 is 18.8 Å². The number of amides is 1. The quantitative estimate of drug-likeness (QED) is 0.653. The molecule has 2 heterocycles. The van der Waals surface area contributed by atoms with Crippen LogP contribution in [0.15, 0.2) is 41.4 Å². The van der Waals surface area contributed by atoms with Gasteiger partial charge in [-0.15, -0.1) is 6.42 Å². The van der Waals surface area contributed by atoms with Gasteiger partial charge in [0.1, 0.15) is 5.75 Å². The number of carbonyl (C=O) groups excluding carboxylic acids is 1. The second-order valence-electron chi connectivity index (χ2n) is 5.91. The molecule has 0 saturated carbocycles. The Morgan fingerprint density at radius 2 is 2.11 bits per heavy atom. The van der Waals surface area contributed by atoms with Crippen molar-refractivity contribution in [2.24, 2.45) is 4.99 Å². The van der Waals surface area contributed by atoms with E-state index in [1.807, 2.05) is 47.9 Å². The molecule has 4 rings (SSSR count). The fourth-order valence-corrected chi connectivity index (χ4v) is 3.84. The number of rotatable bonds is 4. The van der Waals surface area contributed by atoms with Gasteiger partial charge in [-0.2, -0.15) is 4.99 Å². The molecule has 0 N–H and O–H groups in total. The van der Waals surface area contributed by atoms with Crippen LogP contribution >= 0.6 is 11.3 Å². The largest absolute Gasteiger partial charge is 0.483 e. The Labute approximate surface area is 159 Å². The topological polar surface area (TPSA) is 62.1 Å². The van der Waals surface area contributed by atoms with Gasteiger partial charge in [-0.3, -0.25) is 4.79 Å². The van der Waals surface area contributed by atoms with Crippen LogP contribution in [0.2, 0.25) is 0 Å². The van der Waals surface area contributed by atoms with E-state index in [2.05, 4.69) is 10.9 Å². The number of ether oxygens (including phenoxy) is 3. The number of hydrogen-bond acceptors (Lipinski definition) is 5. The minimum atomic E-state index is -0.379. The average Bonchev–Trinajstić information content (AvgIpc) is 3.24. The third-order valence-corrected chi connectivity index (χ3v) is 5.13. The van der Waals surface area contributed by atoms with E-state index in [0.717, 1.165) is 15.8 Å². The summed E-state index contributed by atoms with van der Waals surface area (Å²) in [5.41, 5.74) is 1.82. The zero-order valence-electron chi connectivity index (χ0n) is 14.6. The molecule has 0 fully saturated rings. The van der Waals surface area contributed by atoms with E-state index in [1.54, 1.807) is 0 Å². The summed E-state index contributed by atoms with van der Waals surface area (Å²) in [7, 11) is 0. The number of benzene rings is 2. The van der Waals surface area contributed by atoms with Crippen LogP contribution in [-0.4, -0.2) is 23.9 Å². The van der Waals surface area contributed by atoms with Crippen molar-refractivity contribution in [3.8, 4) is 29.6 Å². The number of nitrogens with zero attached hydrogens (tertiary/aromatic N) is 2. The van der Waals surface area contributed by atoms with E-state index in [1.165, 1.54) is 11.3 Å². The first-order chi connectivity index (χ1) is 13.2. The predicted molar refractivity (Wildman–Crippen MR) is 102 cm³/mol. The van der Waals surface area contributed by atoms with Crippen molar-refractivity contribution >= 4 is 27.5 Å². The fourth-order valence-electron chi connectivity index (χ4n) is 2.79. The average molecular weight is 380 g/mol. The molecule has 1 aromatic heterocycles. The Balaban J connectivity index is 1.65. The van der Waals surface area contributed by atoms with Crippen LogP contribution in [0.5, 0.6) is 17.2 Å². The third-order valence-electron chi connectivity index (χ3n) is 4.09. The number of aryl methyl sites for hydroxylation is 1. The summed E-state index contributed by atoms with van der Waals surface area (Å²) in [6.45, 7) is 2.28. The molecule has 0 bridgehead atoms. The Bertz CT molecular complexity index is 1140. The Kier molecular flexibility index (Phi) is 4.57. The first-order valence-electron chi connectivity index (χ1n) is 8.28. The van der Waals surface area contributed by atoms with Crippen molar-refractivity contribution < 1.29 is 19.0 Å². The molecule has 0 atom stereocenters. The van der Waals surface area contributed by atoms with Crippen molar-refractivity contribution in [1.82, 2.24) is 4.57 Å². The summed E-state index contributed by atoms with van der Waals surface area (Å²) in [6, 6.07) is 11.3. The lowest BCUT2D eigenvalue weighted by atomic mass is 10.2. The summed E-state index contributed by atoms with van der Waals surface area (Å²) in [4.78, 5) is 17.1. The highest BCUT2D eigenvalue weighted by Crippen LogP contribution is 2.36. The Morgan fingerprint density at radius 1 is 1.33 bits per heavy atom. The molecule has 1 amide bonds. The molecule has 1 aliphatic rings. The minimum absolute atomic E-state index is 0.141. The third kappa shape index (κ3) is 3.39. The molecule has 0 unspecified atom stereocenters. The normalized spacial score (nSPS) is 13.0. The first kappa shape index (κ1) is 17.2. The summed E-state index contributed by atoms with van der Waals surface area (Å²) >= 11 is 1.37. The molecule has 3 aromatic rings. The second-order valence-corrected chi connectivity index (χ2v) is 6.92. The highest BCUT2D eigenvalue weighted by atomic mass is 32.1. The lowest BCUT2D eigenvalue weighted by Crippen LogP contribution is -2.19. The van der Waals surface area contributed by atoms with E-state index in [0.29, 0.717) is 28.6 Å². The summed E-state index contributed by atoms with van der Waals surface area (Å²) in [6.07, 6.45) is 5.50. The summed E-state index contributed by atoms with van der Waals surface area (Å²) in [5.74, 6) is 4.23. The van der Waals surface area contributed by atoms with Crippen molar-refractivity contribution in [2.45, 2.75) is 13.5 Å². The number of terminal acetylenes is 1. The van der Waals surface area contributed by atoms with E-state index < -0.39 is 0 Å². The van der Waals surface area contributed by atoms with Crippen LogP contribution in [0, 0.1) is 19.3 Å². The number of carbonyl (C=O) groups is 1. The molecule has 0 aliphatic carbocycles. The number of para-hydroxylation sites is 1. The molecule has 136 valence electrons. The summed E-state index contributed by atoms with van der Waals surface area (Å²) < 4.78 is 19.2. The smallest absolute Gasteiger partial charge is 0.286 e. The van der Waals surface area contributed by atoms with Gasteiger partial charge in [0.15, 0.2) is 22.9 Å². The van der Waals surface area contributed by atoms with Gasteiger partial charge in [-0.25, -0.2) is 0 Å². The Morgan fingerprint density at radius 3 is 2.89 bits per heavy atom. The molecule has 2 aromatic carbocycles. The van der Waals surface area contributed by atoms with Crippen LogP contribution in [0.1, 0.15) is 5.56 Å². The van der Waals surface area contributed by atoms with Gasteiger partial charge in [-0.05, 0) is 18.6 Å². The standard InChI is InChI=1S/C20H16N2O4S/c1-3-8-22-14-9-16-17(26-12-25-16)10-18(14)27-20(22)21-19(23)11-24-15-7-5-4-6-13(15)2/h1,4-7,9-10H,8,11-12H2,2H3. The van der Waals surface area contributed by atoms with Crippen LogP contribution in [0.4, 0.5) is 0 Å². The van der Waals surface area contributed by atoms with E-state index >= 15 is 0 Å². The maximum absolute atomic E-state index is 12.3. The highest BCUT2D eigenvalue weighted by molar-refractivity contribution is 7.16. The van der Waals surface area contributed by atoms with Crippen LogP contribution in [-0.2, 0) is 11.3 Å². The molecule has 1 aliphatic heterocycles. The second kappa shape index (κ2) is 7.17. The minimum Gasteiger partial charge on any atom is -0.483 e. The number of thiazole rings is 1. The molecule has 7 heteroatoms. The van der Waals surface area contributed by atoms with E-state index in [-0.39, 0.29) is 19.3 Å². The fraction of sp³-hybridized carbons (Fsp3) is 0.200. The van der Waals surface area contributed by atoms with Crippen molar-refractivity contribution in [3.63, 3.8) is 0 Å².